The van der Waals surface area contributed by atoms with E-state index in [1.807, 2.05) is 25.4 Å². The average Bonchev–Trinajstić information content (AvgIpc) is 3.23. The third-order valence-electron chi connectivity index (χ3n) is 4.20. The van der Waals surface area contributed by atoms with Crippen LogP contribution in [0.25, 0.3) is 5.82 Å². The lowest BCUT2D eigenvalue weighted by Gasteiger charge is -2.24. The summed E-state index contributed by atoms with van der Waals surface area (Å²) in [6, 6.07) is 5.51. The summed E-state index contributed by atoms with van der Waals surface area (Å²) in [5.41, 5.74) is 1.58. The molecular weight excluding hydrogens is 304 g/mol. The van der Waals surface area contributed by atoms with E-state index in [4.69, 9.17) is 0 Å². The van der Waals surface area contributed by atoms with Crippen LogP contribution in [-0.2, 0) is 13.0 Å². The average molecular weight is 322 g/mol. The Bertz CT molecular complexity index is 850. The summed E-state index contributed by atoms with van der Waals surface area (Å²) in [4.78, 5) is 21.2. The number of aromatic nitrogens is 5. The van der Waals surface area contributed by atoms with Crippen LogP contribution in [0.4, 0.5) is 0 Å². The van der Waals surface area contributed by atoms with E-state index >= 15 is 0 Å². The first-order valence-electron chi connectivity index (χ1n) is 7.98. The topological polar surface area (TPSA) is 77.6 Å². The van der Waals surface area contributed by atoms with Crippen molar-refractivity contribution in [3.63, 3.8) is 0 Å². The van der Waals surface area contributed by atoms with E-state index in [1.165, 1.54) is 0 Å². The Morgan fingerprint density at radius 1 is 1.38 bits per heavy atom. The van der Waals surface area contributed by atoms with Gasteiger partial charge in [0.2, 0.25) is 0 Å². The third kappa shape index (κ3) is 2.80. The number of nitrogens with one attached hydrogen (secondary N) is 1. The number of nitrogens with zero attached hydrogens (tertiary/aromatic N) is 5. The molecule has 0 fully saturated rings. The van der Waals surface area contributed by atoms with E-state index in [9.17, 15) is 4.79 Å². The van der Waals surface area contributed by atoms with Gasteiger partial charge in [-0.3, -0.25) is 4.79 Å². The number of aryl methyl sites for hydroxylation is 2. The number of rotatable bonds is 3. The fraction of sp³-hybridized carbons (Fsp3) is 0.294. The molecule has 7 nitrogen and oxygen atoms in total. The quantitative estimate of drug-likeness (QED) is 0.793. The highest BCUT2D eigenvalue weighted by Gasteiger charge is 2.21. The number of pyridine rings is 1. The van der Waals surface area contributed by atoms with E-state index in [1.54, 1.807) is 29.2 Å². The number of carbonyl (C=O) groups is 1. The maximum Gasteiger partial charge on any atom is 0.253 e. The van der Waals surface area contributed by atoms with Gasteiger partial charge in [0, 0.05) is 43.8 Å². The molecule has 7 heteroatoms. The second kappa shape index (κ2) is 5.92. The molecule has 0 saturated carbocycles. The molecule has 3 aromatic heterocycles. The number of carbonyl (C=O) groups excluding carboxylic acids is 1. The standard InChI is InChI=1S/C17H18N6O/c1-12-10-22-11-14(4-6-16(22)20-12)21-17(24)13-3-5-15(18-9-13)23-8-2-7-19-23/h2-3,5,7-10,14H,4,6,11H2,1H3,(H,21,24)/t14-/m1/s1. The van der Waals surface area contributed by atoms with Gasteiger partial charge in [-0.2, -0.15) is 5.10 Å². The van der Waals surface area contributed by atoms with Crippen LogP contribution in [0, 0.1) is 6.92 Å². The molecule has 0 aliphatic carbocycles. The molecule has 1 aliphatic heterocycles. The molecule has 1 N–H and O–H groups in total. The van der Waals surface area contributed by atoms with E-state index in [0.29, 0.717) is 11.4 Å². The number of hydrogen-bond acceptors (Lipinski definition) is 4. The fourth-order valence-corrected chi connectivity index (χ4v) is 3.03. The first kappa shape index (κ1) is 14.6. The summed E-state index contributed by atoms with van der Waals surface area (Å²) in [5.74, 6) is 1.69. The van der Waals surface area contributed by atoms with Crippen molar-refractivity contribution in [3.05, 3.63) is 60.1 Å². The van der Waals surface area contributed by atoms with Gasteiger partial charge in [0.1, 0.15) is 5.82 Å². The molecule has 0 spiro atoms. The second-order valence-electron chi connectivity index (χ2n) is 6.02. The van der Waals surface area contributed by atoms with Crippen LogP contribution in [0.2, 0.25) is 0 Å². The number of hydrogen-bond donors (Lipinski definition) is 1. The Morgan fingerprint density at radius 3 is 3.04 bits per heavy atom. The van der Waals surface area contributed by atoms with E-state index in [-0.39, 0.29) is 11.9 Å². The maximum absolute atomic E-state index is 12.4. The van der Waals surface area contributed by atoms with Crippen molar-refractivity contribution in [3.8, 4) is 5.82 Å². The zero-order chi connectivity index (χ0) is 16.5. The minimum atomic E-state index is -0.0974. The molecule has 24 heavy (non-hydrogen) atoms. The molecule has 1 atom stereocenters. The molecular formula is C17H18N6O. The van der Waals surface area contributed by atoms with Crippen LogP contribution >= 0.6 is 0 Å². The molecule has 1 aliphatic rings. The lowest BCUT2D eigenvalue weighted by atomic mass is 10.1. The molecule has 4 heterocycles. The zero-order valence-electron chi connectivity index (χ0n) is 13.4. The molecule has 0 radical (unpaired) electrons. The smallest absolute Gasteiger partial charge is 0.253 e. The van der Waals surface area contributed by atoms with Crippen LogP contribution in [0.15, 0.2) is 43.0 Å². The summed E-state index contributed by atoms with van der Waals surface area (Å²) in [6.07, 6.45) is 8.92. The van der Waals surface area contributed by atoms with Gasteiger partial charge in [-0.05, 0) is 31.5 Å². The van der Waals surface area contributed by atoms with Crippen LogP contribution in [0.1, 0.15) is 28.3 Å². The summed E-state index contributed by atoms with van der Waals surface area (Å²) < 4.78 is 3.79. The minimum absolute atomic E-state index is 0.0974. The van der Waals surface area contributed by atoms with Crippen molar-refractivity contribution in [2.24, 2.45) is 0 Å². The Labute approximate surface area is 139 Å². The van der Waals surface area contributed by atoms with Crippen LogP contribution < -0.4 is 5.32 Å². The first-order chi connectivity index (χ1) is 11.7. The van der Waals surface area contributed by atoms with Gasteiger partial charge in [0.15, 0.2) is 5.82 Å². The Balaban J connectivity index is 1.43. The van der Waals surface area contributed by atoms with Crippen LogP contribution in [-0.4, -0.2) is 36.3 Å². The fourth-order valence-electron chi connectivity index (χ4n) is 3.03. The minimum Gasteiger partial charge on any atom is -0.347 e. The lowest BCUT2D eigenvalue weighted by Crippen LogP contribution is -2.40. The Morgan fingerprint density at radius 2 is 2.29 bits per heavy atom. The highest BCUT2D eigenvalue weighted by molar-refractivity contribution is 5.94. The first-order valence-corrected chi connectivity index (χ1v) is 7.98. The summed E-state index contributed by atoms with van der Waals surface area (Å²) in [6.45, 7) is 2.76. The van der Waals surface area contributed by atoms with Gasteiger partial charge >= 0.3 is 0 Å². The second-order valence-corrected chi connectivity index (χ2v) is 6.02. The largest absolute Gasteiger partial charge is 0.347 e. The third-order valence-corrected chi connectivity index (χ3v) is 4.20. The van der Waals surface area contributed by atoms with Gasteiger partial charge in [0.05, 0.1) is 11.3 Å². The maximum atomic E-state index is 12.4. The zero-order valence-corrected chi connectivity index (χ0v) is 13.4. The Hall–Kier alpha value is -2.96. The van der Waals surface area contributed by atoms with Gasteiger partial charge in [-0.25, -0.2) is 14.6 Å². The van der Waals surface area contributed by atoms with Gasteiger partial charge in [-0.15, -0.1) is 0 Å². The molecule has 4 rings (SSSR count). The highest BCUT2D eigenvalue weighted by Crippen LogP contribution is 2.15. The normalized spacial score (nSPS) is 16.6. The predicted octanol–water partition coefficient (Wildman–Crippen LogP) is 1.52. The molecule has 1 amide bonds. The van der Waals surface area contributed by atoms with Crippen molar-refractivity contribution >= 4 is 5.91 Å². The van der Waals surface area contributed by atoms with E-state index in [0.717, 1.165) is 30.9 Å². The Kier molecular flexibility index (Phi) is 3.60. The molecule has 0 saturated heterocycles. The van der Waals surface area contributed by atoms with Gasteiger partial charge in [-0.1, -0.05) is 0 Å². The van der Waals surface area contributed by atoms with E-state index in [2.05, 4.69) is 25.0 Å². The van der Waals surface area contributed by atoms with Crippen LogP contribution in [0.5, 0.6) is 0 Å². The lowest BCUT2D eigenvalue weighted by molar-refractivity contribution is 0.0927. The van der Waals surface area contributed by atoms with Crippen molar-refractivity contribution in [2.45, 2.75) is 32.4 Å². The molecule has 3 aromatic rings. The molecule has 0 bridgehead atoms. The molecule has 0 unspecified atom stereocenters. The number of fused-ring (bicyclic) bond motifs is 1. The molecule has 122 valence electrons. The summed E-state index contributed by atoms with van der Waals surface area (Å²) in [5, 5.41) is 7.21. The predicted molar refractivity (Wildman–Crippen MR) is 87.9 cm³/mol. The number of imidazole rings is 1. The van der Waals surface area contributed by atoms with Crippen LogP contribution in [0.3, 0.4) is 0 Å². The monoisotopic (exact) mass is 322 g/mol. The van der Waals surface area contributed by atoms with Crippen molar-refractivity contribution < 1.29 is 4.79 Å². The summed E-state index contributed by atoms with van der Waals surface area (Å²) >= 11 is 0. The number of amides is 1. The van der Waals surface area contributed by atoms with Crippen molar-refractivity contribution in [1.29, 1.82) is 0 Å². The van der Waals surface area contributed by atoms with Crippen molar-refractivity contribution in [1.82, 2.24) is 29.6 Å². The van der Waals surface area contributed by atoms with Gasteiger partial charge < -0.3 is 9.88 Å². The van der Waals surface area contributed by atoms with Crippen molar-refractivity contribution in [2.75, 3.05) is 0 Å². The summed E-state index contributed by atoms with van der Waals surface area (Å²) in [7, 11) is 0. The SMILES string of the molecule is Cc1cn2c(n1)CC[C@@H](NC(=O)c1ccc(-n3cccn3)nc1)C2. The van der Waals surface area contributed by atoms with Gasteiger partial charge in [0.25, 0.3) is 5.91 Å². The molecule has 0 aromatic carbocycles. The highest BCUT2D eigenvalue weighted by atomic mass is 16.1. The van der Waals surface area contributed by atoms with E-state index < -0.39 is 0 Å².